The Labute approximate surface area is 123 Å². The average molecular weight is 367 g/mol. The van der Waals surface area contributed by atoms with Gasteiger partial charge in [-0.05, 0) is 28.4 Å². The first-order valence-corrected chi connectivity index (χ1v) is 7.67. The van der Waals surface area contributed by atoms with E-state index < -0.39 is 20.9 Å². The number of rotatable bonds is 7. The van der Waals surface area contributed by atoms with Crippen molar-refractivity contribution in [3.05, 3.63) is 32.8 Å². The summed E-state index contributed by atoms with van der Waals surface area (Å²) in [5.74, 6) is -1.01. The van der Waals surface area contributed by atoms with Gasteiger partial charge in [-0.1, -0.05) is 0 Å². The Bertz CT molecular complexity index is 631. The van der Waals surface area contributed by atoms with Crippen LogP contribution in [0.4, 0.5) is 5.69 Å². The highest BCUT2D eigenvalue weighted by Gasteiger charge is 2.19. The number of carboxylic acid groups (broad SMARTS) is 1. The molecule has 10 heteroatoms. The smallest absolute Gasteiger partial charge is 0.303 e. The Morgan fingerprint density at radius 3 is 2.60 bits per heavy atom. The minimum Gasteiger partial charge on any atom is -0.481 e. The molecular formula is C10H11BrN2O6S. The SMILES string of the molecule is O=C(O)CCCNS(=O)(=O)c1ccc([N+](=O)[O-])cc1Br. The van der Waals surface area contributed by atoms with E-state index in [0.29, 0.717) is 0 Å². The lowest BCUT2D eigenvalue weighted by Gasteiger charge is -2.07. The summed E-state index contributed by atoms with van der Waals surface area (Å²) in [7, 11) is -3.84. The molecule has 1 aromatic carbocycles. The molecule has 0 saturated carbocycles. The van der Waals surface area contributed by atoms with Crippen LogP contribution in [-0.4, -0.2) is 31.0 Å². The molecule has 0 radical (unpaired) electrons. The van der Waals surface area contributed by atoms with E-state index in [1.807, 2.05) is 0 Å². The molecule has 0 aliphatic heterocycles. The molecule has 1 rings (SSSR count). The van der Waals surface area contributed by atoms with Crippen molar-refractivity contribution >= 4 is 37.6 Å². The number of sulfonamides is 1. The molecule has 0 saturated heterocycles. The molecule has 0 fully saturated rings. The fourth-order valence-electron chi connectivity index (χ4n) is 1.35. The maximum Gasteiger partial charge on any atom is 0.303 e. The normalized spacial score (nSPS) is 11.2. The maximum absolute atomic E-state index is 11.9. The third-order valence-electron chi connectivity index (χ3n) is 2.28. The number of carbonyl (C=O) groups is 1. The summed E-state index contributed by atoms with van der Waals surface area (Å²) in [6, 6.07) is 3.28. The van der Waals surface area contributed by atoms with Crippen LogP contribution in [0.2, 0.25) is 0 Å². The molecule has 0 heterocycles. The van der Waals surface area contributed by atoms with Gasteiger partial charge in [-0.3, -0.25) is 14.9 Å². The number of hydrogen-bond donors (Lipinski definition) is 2. The third kappa shape index (κ3) is 4.54. The minimum atomic E-state index is -3.84. The van der Waals surface area contributed by atoms with Crippen LogP contribution in [0.5, 0.6) is 0 Å². The lowest BCUT2D eigenvalue weighted by molar-refractivity contribution is -0.385. The van der Waals surface area contributed by atoms with Crippen LogP contribution in [0, 0.1) is 10.1 Å². The third-order valence-corrected chi connectivity index (χ3v) is 4.71. The van der Waals surface area contributed by atoms with Crippen molar-refractivity contribution in [3.8, 4) is 0 Å². The van der Waals surface area contributed by atoms with Crippen molar-refractivity contribution in [1.82, 2.24) is 4.72 Å². The first-order chi connectivity index (χ1) is 9.24. The Balaban J connectivity index is 2.82. The Hall–Kier alpha value is -1.52. The van der Waals surface area contributed by atoms with E-state index >= 15 is 0 Å². The molecule has 0 atom stereocenters. The standard InChI is InChI=1S/C10H11BrN2O6S/c11-8-6-7(13(16)17)3-4-9(8)20(18,19)12-5-1-2-10(14)15/h3-4,6,12H,1-2,5H2,(H,14,15). The molecule has 8 nitrogen and oxygen atoms in total. The first-order valence-electron chi connectivity index (χ1n) is 5.39. The number of nitrogens with zero attached hydrogens (tertiary/aromatic N) is 1. The first kappa shape index (κ1) is 16.5. The number of aliphatic carboxylic acids is 1. The molecular weight excluding hydrogens is 356 g/mol. The molecule has 110 valence electrons. The number of nitro groups is 1. The summed E-state index contributed by atoms with van der Waals surface area (Å²) >= 11 is 2.97. The summed E-state index contributed by atoms with van der Waals surface area (Å²) in [5.41, 5.74) is -0.235. The maximum atomic E-state index is 11.9. The van der Waals surface area contributed by atoms with Gasteiger partial charge in [0.05, 0.1) is 9.82 Å². The van der Waals surface area contributed by atoms with E-state index in [4.69, 9.17) is 5.11 Å². The number of hydrogen-bond acceptors (Lipinski definition) is 5. The number of non-ortho nitro benzene ring substituents is 1. The predicted molar refractivity (Wildman–Crippen MR) is 72.9 cm³/mol. The van der Waals surface area contributed by atoms with E-state index in [1.165, 1.54) is 0 Å². The van der Waals surface area contributed by atoms with Crippen molar-refractivity contribution in [2.75, 3.05) is 6.54 Å². The topological polar surface area (TPSA) is 127 Å². The molecule has 0 unspecified atom stereocenters. The average Bonchev–Trinajstić information content (AvgIpc) is 2.34. The molecule has 0 aliphatic carbocycles. The van der Waals surface area contributed by atoms with Gasteiger partial charge in [-0.25, -0.2) is 13.1 Å². The van der Waals surface area contributed by atoms with Gasteiger partial charge in [0.15, 0.2) is 0 Å². The van der Waals surface area contributed by atoms with Crippen LogP contribution in [0.15, 0.2) is 27.6 Å². The second-order valence-electron chi connectivity index (χ2n) is 3.77. The van der Waals surface area contributed by atoms with Gasteiger partial charge in [-0.15, -0.1) is 0 Å². The summed E-state index contributed by atoms with van der Waals surface area (Å²) in [6.07, 6.45) is 0.00309. The van der Waals surface area contributed by atoms with Gasteiger partial charge in [0, 0.05) is 29.6 Å². The van der Waals surface area contributed by atoms with Gasteiger partial charge >= 0.3 is 5.97 Å². The van der Waals surface area contributed by atoms with E-state index in [-0.39, 0.29) is 34.4 Å². The highest BCUT2D eigenvalue weighted by Crippen LogP contribution is 2.26. The lowest BCUT2D eigenvalue weighted by atomic mass is 10.3. The second kappa shape index (κ2) is 6.77. The zero-order chi connectivity index (χ0) is 15.3. The summed E-state index contributed by atoms with van der Waals surface area (Å²) in [4.78, 5) is 20.1. The molecule has 20 heavy (non-hydrogen) atoms. The monoisotopic (exact) mass is 366 g/mol. The van der Waals surface area contributed by atoms with Crippen LogP contribution in [-0.2, 0) is 14.8 Å². The van der Waals surface area contributed by atoms with E-state index in [0.717, 1.165) is 18.2 Å². The van der Waals surface area contributed by atoms with E-state index in [9.17, 15) is 23.3 Å². The molecule has 0 amide bonds. The van der Waals surface area contributed by atoms with Crippen molar-refractivity contribution in [1.29, 1.82) is 0 Å². The Kier molecular flexibility index (Phi) is 5.60. The zero-order valence-electron chi connectivity index (χ0n) is 10.1. The summed E-state index contributed by atoms with van der Waals surface area (Å²) < 4.78 is 26.1. The van der Waals surface area contributed by atoms with Gasteiger partial charge < -0.3 is 5.11 Å². The summed E-state index contributed by atoms with van der Waals surface area (Å²) in [5, 5.41) is 19.0. The van der Waals surface area contributed by atoms with Crippen LogP contribution in [0.3, 0.4) is 0 Å². The summed E-state index contributed by atoms with van der Waals surface area (Å²) in [6.45, 7) is -0.0297. The number of carboxylic acids is 1. The second-order valence-corrected chi connectivity index (χ2v) is 6.36. The molecule has 0 aliphatic rings. The molecule has 0 spiro atoms. The molecule has 0 aromatic heterocycles. The van der Waals surface area contributed by atoms with Gasteiger partial charge in [0.2, 0.25) is 10.0 Å². The molecule has 2 N–H and O–H groups in total. The van der Waals surface area contributed by atoms with Crippen molar-refractivity contribution in [2.45, 2.75) is 17.7 Å². The minimum absolute atomic E-state index is 0.0297. The van der Waals surface area contributed by atoms with E-state index in [2.05, 4.69) is 20.7 Å². The lowest BCUT2D eigenvalue weighted by Crippen LogP contribution is -2.25. The predicted octanol–water partition coefficient (Wildman–Crippen LogP) is 1.50. The van der Waals surface area contributed by atoms with Crippen LogP contribution >= 0.6 is 15.9 Å². The van der Waals surface area contributed by atoms with Crippen molar-refractivity contribution in [3.63, 3.8) is 0 Å². The van der Waals surface area contributed by atoms with Crippen LogP contribution in [0.1, 0.15) is 12.8 Å². The van der Waals surface area contributed by atoms with Gasteiger partial charge in [0.25, 0.3) is 5.69 Å². The van der Waals surface area contributed by atoms with Crippen LogP contribution < -0.4 is 4.72 Å². The quantitative estimate of drug-likeness (QED) is 0.427. The molecule has 0 bridgehead atoms. The largest absolute Gasteiger partial charge is 0.481 e. The fourth-order valence-corrected chi connectivity index (χ4v) is 3.48. The van der Waals surface area contributed by atoms with Gasteiger partial charge in [-0.2, -0.15) is 0 Å². The number of benzene rings is 1. The van der Waals surface area contributed by atoms with Crippen molar-refractivity contribution < 1.29 is 23.2 Å². The number of nitro benzene ring substituents is 1. The zero-order valence-corrected chi connectivity index (χ0v) is 12.5. The molecule has 1 aromatic rings. The van der Waals surface area contributed by atoms with Crippen molar-refractivity contribution in [2.24, 2.45) is 0 Å². The highest BCUT2D eigenvalue weighted by atomic mass is 79.9. The number of halogens is 1. The fraction of sp³-hybridized carbons (Fsp3) is 0.300. The van der Waals surface area contributed by atoms with Crippen LogP contribution in [0.25, 0.3) is 0 Å². The number of nitrogens with one attached hydrogen (secondary N) is 1. The van der Waals surface area contributed by atoms with Gasteiger partial charge in [0.1, 0.15) is 0 Å². The Morgan fingerprint density at radius 1 is 1.45 bits per heavy atom. The highest BCUT2D eigenvalue weighted by molar-refractivity contribution is 9.10. The van der Waals surface area contributed by atoms with E-state index in [1.54, 1.807) is 0 Å². The Morgan fingerprint density at radius 2 is 2.10 bits per heavy atom.